The Hall–Kier alpha value is -2.57. The molecule has 0 atom stereocenters. The van der Waals surface area contributed by atoms with Crippen molar-refractivity contribution in [1.29, 1.82) is 5.41 Å². The molecule has 5 N–H and O–H groups in total. The van der Waals surface area contributed by atoms with Crippen molar-refractivity contribution in [3.05, 3.63) is 24.5 Å². The number of carbonyl (C=O) groups excluding carboxylic acids is 1. The van der Waals surface area contributed by atoms with Crippen molar-refractivity contribution in [3.8, 4) is 0 Å². The van der Waals surface area contributed by atoms with Gasteiger partial charge in [-0.25, -0.2) is 4.98 Å². The molecule has 1 saturated carbocycles. The Balaban J connectivity index is 1.56. The summed E-state index contributed by atoms with van der Waals surface area (Å²) in [6, 6.07) is 3.76. The van der Waals surface area contributed by atoms with Gasteiger partial charge < -0.3 is 20.9 Å². The summed E-state index contributed by atoms with van der Waals surface area (Å²) in [7, 11) is 1.84. The van der Waals surface area contributed by atoms with E-state index in [1.54, 1.807) is 11.1 Å². The number of hydrogen-bond donors (Lipinski definition) is 4. The van der Waals surface area contributed by atoms with Crippen molar-refractivity contribution >= 4 is 28.6 Å². The maximum atomic E-state index is 12.6. The Morgan fingerprint density at radius 3 is 2.88 bits per heavy atom. The van der Waals surface area contributed by atoms with E-state index in [1.807, 2.05) is 25.4 Å². The number of nitrogens with two attached hydrogens (primary N) is 1. The Kier molecular flexibility index (Phi) is 4.69. The minimum absolute atomic E-state index is 0.0473. The second-order valence-electron chi connectivity index (χ2n) is 6.57. The average molecular weight is 328 g/mol. The molecule has 1 amide bonds. The summed E-state index contributed by atoms with van der Waals surface area (Å²) >= 11 is 0. The summed E-state index contributed by atoms with van der Waals surface area (Å²) in [6.07, 6.45) is 7.26. The fourth-order valence-electron chi connectivity index (χ4n) is 3.40. The molecule has 0 aliphatic heterocycles. The van der Waals surface area contributed by atoms with Gasteiger partial charge in [-0.05, 0) is 43.7 Å². The number of aromatic amines is 1. The van der Waals surface area contributed by atoms with Crippen LogP contribution >= 0.6 is 0 Å². The van der Waals surface area contributed by atoms with E-state index in [9.17, 15) is 4.79 Å². The lowest BCUT2D eigenvalue weighted by Crippen LogP contribution is -2.38. The topological polar surface area (TPSA) is 111 Å². The van der Waals surface area contributed by atoms with E-state index in [0.29, 0.717) is 5.92 Å². The van der Waals surface area contributed by atoms with Crippen molar-refractivity contribution < 1.29 is 4.79 Å². The molecule has 1 fully saturated rings. The molecule has 1 aliphatic rings. The number of H-pyrrole nitrogens is 1. The van der Waals surface area contributed by atoms with Crippen molar-refractivity contribution in [2.45, 2.75) is 25.7 Å². The molecule has 7 heteroatoms. The van der Waals surface area contributed by atoms with Crippen LogP contribution in [0.15, 0.2) is 24.5 Å². The zero-order valence-electron chi connectivity index (χ0n) is 13.9. The molecular formula is C17H24N6O. The third-order valence-corrected chi connectivity index (χ3v) is 4.88. The summed E-state index contributed by atoms with van der Waals surface area (Å²) in [5.74, 6) is 0.733. The summed E-state index contributed by atoms with van der Waals surface area (Å²) in [5.41, 5.74) is 7.08. The molecule has 2 heterocycles. The van der Waals surface area contributed by atoms with Crippen molar-refractivity contribution in [2.75, 3.05) is 18.9 Å². The van der Waals surface area contributed by atoms with E-state index in [1.165, 1.54) is 0 Å². The van der Waals surface area contributed by atoms with Gasteiger partial charge in [0.15, 0.2) is 5.96 Å². The fraction of sp³-hybridized carbons (Fsp3) is 0.471. The molecular weight excluding hydrogens is 304 g/mol. The lowest BCUT2D eigenvalue weighted by atomic mass is 9.81. The first kappa shape index (κ1) is 16.3. The minimum Gasteiger partial charge on any atom is -0.370 e. The predicted octanol–water partition coefficient (Wildman–Crippen LogP) is 2.13. The van der Waals surface area contributed by atoms with E-state index in [0.717, 1.165) is 48.9 Å². The molecule has 0 radical (unpaired) electrons. The number of rotatable bonds is 4. The van der Waals surface area contributed by atoms with Gasteiger partial charge in [0.1, 0.15) is 5.65 Å². The van der Waals surface area contributed by atoms with Crippen LogP contribution in [-0.4, -0.2) is 40.3 Å². The third-order valence-electron chi connectivity index (χ3n) is 4.88. The van der Waals surface area contributed by atoms with E-state index in [2.05, 4.69) is 15.3 Å². The molecule has 0 bridgehead atoms. The molecule has 0 unspecified atom stereocenters. The average Bonchev–Trinajstić information content (AvgIpc) is 3.05. The SMILES string of the molecule is CN(C[C@H]1CC[C@H](C(=O)Nc2ccnc3[nH]ccc23)CC1)C(=N)N. The molecule has 2 aromatic heterocycles. The number of guanidine groups is 1. The molecule has 7 nitrogen and oxygen atoms in total. The Morgan fingerprint density at radius 2 is 2.17 bits per heavy atom. The minimum atomic E-state index is 0.0473. The van der Waals surface area contributed by atoms with Crippen LogP contribution in [0.5, 0.6) is 0 Å². The van der Waals surface area contributed by atoms with Gasteiger partial charge in [-0.3, -0.25) is 10.2 Å². The maximum absolute atomic E-state index is 12.6. The number of pyridine rings is 1. The van der Waals surface area contributed by atoms with Crippen molar-refractivity contribution in [2.24, 2.45) is 17.6 Å². The zero-order chi connectivity index (χ0) is 17.1. The number of amides is 1. The van der Waals surface area contributed by atoms with Crippen molar-refractivity contribution in [1.82, 2.24) is 14.9 Å². The summed E-state index contributed by atoms with van der Waals surface area (Å²) in [4.78, 5) is 21.6. The summed E-state index contributed by atoms with van der Waals surface area (Å²) < 4.78 is 0. The first-order valence-electron chi connectivity index (χ1n) is 8.32. The number of anilines is 1. The highest BCUT2D eigenvalue weighted by molar-refractivity contribution is 6.00. The lowest BCUT2D eigenvalue weighted by molar-refractivity contribution is -0.121. The highest BCUT2D eigenvalue weighted by Gasteiger charge is 2.27. The zero-order valence-corrected chi connectivity index (χ0v) is 13.9. The normalized spacial score (nSPS) is 20.7. The van der Waals surface area contributed by atoms with Crippen LogP contribution in [0.2, 0.25) is 0 Å². The first-order valence-corrected chi connectivity index (χ1v) is 8.32. The number of fused-ring (bicyclic) bond motifs is 1. The molecule has 24 heavy (non-hydrogen) atoms. The Labute approximate surface area is 141 Å². The van der Waals surface area contributed by atoms with Gasteiger partial charge in [0.05, 0.1) is 5.69 Å². The maximum Gasteiger partial charge on any atom is 0.227 e. The smallest absolute Gasteiger partial charge is 0.227 e. The molecule has 1 aliphatic carbocycles. The molecule has 0 saturated heterocycles. The highest BCUT2D eigenvalue weighted by Crippen LogP contribution is 2.30. The van der Waals surface area contributed by atoms with Crippen molar-refractivity contribution in [3.63, 3.8) is 0 Å². The molecule has 3 rings (SSSR count). The number of aromatic nitrogens is 2. The molecule has 0 aromatic carbocycles. The van der Waals surface area contributed by atoms with E-state index in [4.69, 9.17) is 11.1 Å². The Morgan fingerprint density at radius 1 is 1.42 bits per heavy atom. The van der Waals surface area contributed by atoms with Crippen LogP contribution in [-0.2, 0) is 4.79 Å². The van der Waals surface area contributed by atoms with Gasteiger partial charge in [-0.1, -0.05) is 0 Å². The summed E-state index contributed by atoms with van der Waals surface area (Å²) in [6.45, 7) is 0.790. The lowest BCUT2D eigenvalue weighted by Gasteiger charge is -2.30. The van der Waals surface area contributed by atoms with Gasteiger partial charge in [0.25, 0.3) is 0 Å². The van der Waals surface area contributed by atoms with Crippen LogP contribution < -0.4 is 11.1 Å². The second-order valence-corrected chi connectivity index (χ2v) is 6.57. The monoisotopic (exact) mass is 328 g/mol. The van der Waals surface area contributed by atoms with E-state index in [-0.39, 0.29) is 17.8 Å². The predicted molar refractivity (Wildman–Crippen MR) is 94.7 cm³/mol. The van der Waals surface area contributed by atoms with Crippen LogP contribution in [0.25, 0.3) is 11.0 Å². The van der Waals surface area contributed by atoms with Crippen LogP contribution in [0.1, 0.15) is 25.7 Å². The van der Waals surface area contributed by atoms with Gasteiger partial charge in [0, 0.05) is 37.3 Å². The largest absolute Gasteiger partial charge is 0.370 e. The number of carbonyl (C=O) groups is 1. The number of nitrogens with one attached hydrogen (secondary N) is 3. The van der Waals surface area contributed by atoms with Crippen LogP contribution in [0.3, 0.4) is 0 Å². The van der Waals surface area contributed by atoms with Gasteiger partial charge in [-0.15, -0.1) is 0 Å². The molecule has 0 spiro atoms. The number of hydrogen-bond acceptors (Lipinski definition) is 3. The molecule has 128 valence electrons. The second kappa shape index (κ2) is 6.90. The van der Waals surface area contributed by atoms with E-state index < -0.39 is 0 Å². The van der Waals surface area contributed by atoms with Gasteiger partial charge in [0.2, 0.25) is 5.91 Å². The third kappa shape index (κ3) is 3.50. The van der Waals surface area contributed by atoms with Crippen LogP contribution in [0, 0.1) is 17.2 Å². The fourth-order valence-corrected chi connectivity index (χ4v) is 3.40. The standard InChI is InChI=1S/C17H24N6O/c1-23(17(18)19)10-11-2-4-12(5-3-11)16(24)22-14-7-9-21-15-13(14)6-8-20-15/h6-9,11-12H,2-5,10H2,1H3,(H3,18,19)(H2,20,21,22,24)/t11-,12-. The van der Waals surface area contributed by atoms with E-state index >= 15 is 0 Å². The number of nitrogens with zero attached hydrogens (tertiary/aromatic N) is 2. The quantitative estimate of drug-likeness (QED) is 0.509. The highest BCUT2D eigenvalue weighted by atomic mass is 16.1. The van der Waals surface area contributed by atoms with Gasteiger partial charge >= 0.3 is 0 Å². The van der Waals surface area contributed by atoms with Crippen LogP contribution in [0.4, 0.5) is 5.69 Å². The summed E-state index contributed by atoms with van der Waals surface area (Å²) in [5, 5.41) is 11.4. The molecule has 2 aromatic rings. The first-order chi connectivity index (χ1) is 11.5. The Bertz CT molecular complexity index is 732. The van der Waals surface area contributed by atoms with Gasteiger partial charge in [-0.2, -0.15) is 0 Å².